The quantitative estimate of drug-likeness (QED) is 0.787. The molecule has 80 valence electrons. The Morgan fingerprint density at radius 2 is 2.20 bits per heavy atom. The second kappa shape index (κ2) is 3.53. The molecule has 0 aliphatic heterocycles. The van der Waals surface area contributed by atoms with Crippen LogP contribution in [-0.4, -0.2) is 9.97 Å². The molecule has 3 N–H and O–H groups in total. The summed E-state index contributed by atoms with van der Waals surface area (Å²) in [5, 5.41) is 0. The normalized spacial score (nSPS) is 13.4. The van der Waals surface area contributed by atoms with Crippen LogP contribution in [0.15, 0.2) is 10.5 Å². The van der Waals surface area contributed by atoms with Gasteiger partial charge >= 0.3 is 0 Å². The van der Waals surface area contributed by atoms with Crippen molar-refractivity contribution in [2.24, 2.45) is 5.73 Å². The van der Waals surface area contributed by atoms with Gasteiger partial charge in [0.2, 0.25) is 0 Å². The minimum atomic E-state index is -0.940. The lowest BCUT2D eigenvalue weighted by atomic mass is 10.3. The highest BCUT2D eigenvalue weighted by Crippen LogP contribution is 2.28. The van der Waals surface area contributed by atoms with E-state index in [9.17, 15) is 8.78 Å². The third-order valence-electron chi connectivity index (χ3n) is 2.06. The fourth-order valence-electron chi connectivity index (χ4n) is 1.29. The van der Waals surface area contributed by atoms with E-state index in [4.69, 9.17) is 5.73 Å². The summed E-state index contributed by atoms with van der Waals surface area (Å²) >= 11 is 2.96. The van der Waals surface area contributed by atoms with Gasteiger partial charge in [0.05, 0.1) is 16.0 Å². The Morgan fingerprint density at radius 3 is 2.80 bits per heavy atom. The van der Waals surface area contributed by atoms with Crippen molar-refractivity contribution in [1.29, 1.82) is 0 Å². The van der Waals surface area contributed by atoms with E-state index in [1.807, 2.05) is 0 Å². The third kappa shape index (κ3) is 1.63. The maximum atomic E-state index is 13.2. The molecule has 0 aliphatic rings. The first-order valence-electron chi connectivity index (χ1n) is 4.29. The van der Waals surface area contributed by atoms with Gasteiger partial charge in [-0.1, -0.05) is 0 Å². The van der Waals surface area contributed by atoms with Crippen LogP contribution >= 0.6 is 15.9 Å². The van der Waals surface area contributed by atoms with Gasteiger partial charge in [-0.3, -0.25) is 0 Å². The highest BCUT2D eigenvalue weighted by molar-refractivity contribution is 9.10. The van der Waals surface area contributed by atoms with Crippen molar-refractivity contribution in [3.05, 3.63) is 28.0 Å². The average Bonchev–Trinajstić information content (AvgIpc) is 2.58. The van der Waals surface area contributed by atoms with Gasteiger partial charge in [-0.2, -0.15) is 0 Å². The minimum Gasteiger partial charge on any atom is -0.341 e. The Balaban J connectivity index is 2.76. The summed E-state index contributed by atoms with van der Waals surface area (Å²) in [5.74, 6) is -1.37. The lowest BCUT2D eigenvalue weighted by Crippen LogP contribution is -2.06. The van der Waals surface area contributed by atoms with E-state index in [1.54, 1.807) is 6.92 Å². The van der Waals surface area contributed by atoms with Crippen molar-refractivity contribution in [3.8, 4) is 0 Å². The van der Waals surface area contributed by atoms with Crippen LogP contribution in [0.4, 0.5) is 8.78 Å². The first kappa shape index (κ1) is 10.5. The Morgan fingerprint density at radius 1 is 1.53 bits per heavy atom. The van der Waals surface area contributed by atoms with Gasteiger partial charge < -0.3 is 10.7 Å². The summed E-state index contributed by atoms with van der Waals surface area (Å²) in [7, 11) is 0. The number of hydrogen-bond acceptors (Lipinski definition) is 2. The maximum Gasteiger partial charge on any atom is 0.175 e. The predicted octanol–water partition coefficient (Wildman–Crippen LogP) is 2.62. The molecule has 0 saturated carbocycles. The highest BCUT2D eigenvalue weighted by atomic mass is 79.9. The number of nitrogens with zero attached hydrogens (tertiary/aromatic N) is 1. The zero-order valence-electron chi connectivity index (χ0n) is 7.81. The number of nitrogens with two attached hydrogens (primary N) is 1. The minimum absolute atomic E-state index is 0.0145. The van der Waals surface area contributed by atoms with Gasteiger partial charge in [-0.15, -0.1) is 0 Å². The van der Waals surface area contributed by atoms with Crippen LogP contribution in [0.25, 0.3) is 11.0 Å². The number of aromatic nitrogens is 2. The first-order valence-corrected chi connectivity index (χ1v) is 5.08. The van der Waals surface area contributed by atoms with E-state index in [2.05, 4.69) is 25.9 Å². The molecular weight excluding hydrogens is 268 g/mol. The van der Waals surface area contributed by atoms with Crippen LogP contribution in [-0.2, 0) is 0 Å². The third-order valence-corrected chi connectivity index (χ3v) is 2.79. The number of rotatable bonds is 1. The summed E-state index contributed by atoms with van der Waals surface area (Å²) < 4.78 is 26.2. The van der Waals surface area contributed by atoms with Crippen LogP contribution in [0.5, 0.6) is 0 Å². The summed E-state index contributed by atoms with van der Waals surface area (Å²) in [6.45, 7) is 1.73. The van der Waals surface area contributed by atoms with Gasteiger partial charge in [0.15, 0.2) is 11.6 Å². The maximum absolute atomic E-state index is 13.2. The number of imidazole rings is 1. The van der Waals surface area contributed by atoms with Crippen molar-refractivity contribution in [1.82, 2.24) is 9.97 Å². The fourth-order valence-corrected chi connectivity index (χ4v) is 1.78. The average molecular weight is 276 g/mol. The number of fused-ring (bicyclic) bond motifs is 1. The van der Waals surface area contributed by atoms with Gasteiger partial charge in [-0.05, 0) is 22.9 Å². The standard InChI is InChI=1S/C9H8BrF2N3/c1-3(13)9-14-5-2-4(11)7(12)6(10)8(5)15-9/h2-3H,13H2,1H3,(H,14,15). The van der Waals surface area contributed by atoms with Gasteiger partial charge in [-0.25, -0.2) is 13.8 Å². The van der Waals surface area contributed by atoms with E-state index < -0.39 is 11.6 Å². The van der Waals surface area contributed by atoms with E-state index in [0.29, 0.717) is 16.9 Å². The van der Waals surface area contributed by atoms with Crippen molar-refractivity contribution >= 4 is 27.0 Å². The smallest absolute Gasteiger partial charge is 0.175 e. The predicted molar refractivity (Wildman–Crippen MR) is 56.3 cm³/mol. The largest absolute Gasteiger partial charge is 0.341 e. The van der Waals surface area contributed by atoms with E-state index >= 15 is 0 Å². The molecule has 1 aromatic heterocycles. The monoisotopic (exact) mass is 275 g/mol. The molecule has 1 heterocycles. The number of hydrogen-bond donors (Lipinski definition) is 2. The van der Waals surface area contributed by atoms with Crippen LogP contribution in [0.3, 0.4) is 0 Å². The molecule has 0 amide bonds. The van der Waals surface area contributed by atoms with Crippen LogP contribution in [0.1, 0.15) is 18.8 Å². The van der Waals surface area contributed by atoms with E-state index in [-0.39, 0.29) is 10.5 Å². The lowest BCUT2D eigenvalue weighted by Gasteiger charge is -1.96. The zero-order chi connectivity index (χ0) is 11.2. The molecule has 0 bridgehead atoms. The molecule has 0 aliphatic carbocycles. The summed E-state index contributed by atoms with van der Waals surface area (Å²) in [6, 6.07) is 0.754. The molecule has 3 nitrogen and oxygen atoms in total. The lowest BCUT2D eigenvalue weighted by molar-refractivity contribution is 0.506. The number of H-pyrrole nitrogens is 1. The molecule has 1 unspecified atom stereocenters. The topological polar surface area (TPSA) is 54.7 Å². The SMILES string of the molecule is CC(N)c1nc2c(Br)c(F)c(F)cc2[nH]1. The molecule has 6 heteroatoms. The molecule has 0 spiro atoms. The summed E-state index contributed by atoms with van der Waals surface area (Å²) in [6.07, 6.45) is 0. The second-order valence-corrected chi connectivity index (χ2v) is 4.09. The Labute approximate surface area is 92.8 Å². The number of aromatic amines is 1. The van der Waals surface area contributed by atoms with Gasteiger partial charge in [0.25, 0.3) is 0 Å². The molecule has 2 aromatic rings. The van der Waals surface area contributed by atoms with Gasteiger partial charge in [0.1, 0.15) is 11.3 Å². The molecule has 2 rings (SSSR count). The zero-order valence-corrected chi connectivity index (χ0v) is 9.40. The van der Waals surface area contributed by atoms with Crippen LogP contribution in [0.2, 0.25) is 0 Å². The number of halogens is 3. The molecular formula is C9H8BrF2N3. The van der Waals surface area contributed by atoms with Crippen molar-refractivity contribution in [2.45, 2.75) is 13.0 Å². The molecule has 15 heavy (non-hydrogen) atoms. The number of nitrogens with one attached hydrogen (secondary N) is 1. The van der Waals surface area contributed by atoms with Gasteiger partial charge in [0, 0.05) is 6.07 Å². The van der Waals surface area contributed by atoms with E-state index in [0.717, 1.165) is 6.07 Å². The van der Waals surface area contributed by atoms with Crippen molar-refractivity contribution < 1.29 is 8.78 Å². The highest BCUT2D eigenvalue weighted by Gasteiger charge is 2.15. The Hall–Kier alpha value is -1.01. The molecule has 0 fully saturated rings. The van der Waals surface area contributed by atoms with E-state index in [1.165, 1.54) is 0 Å². The Bertz CT molecular complexity index is 522. The summed E-state index contributed by atoms with van der Waals surface area (Å²) in [4.78, 5) is 6.91. The molecule has 1 atom stereocenters. The molecule has 0 radical (unpaired) electrons. The fraction of sp³-hybridized carbons (Fsp3) is 0.222. The first-order chi connectivity index (χ1) is 7.00. The van der Waals surface area contributed by atoms with Crippen LogP contribution < -0.4 is 5.73 Å². The Kier molecular flexibility index (Phi) is 2.47. The second-order valence-electron chi connectivity index (χ2n) is 3.29. The molecule has 1 aromatic carbocycles. The summed E-state index contributed by atoms with van der Waals surface area (Å²) in [5.41, 5.74) is 6.38. The number of benzene rings is 1. The molecule has 0 saturated heterocycles. The van der Waals surface area contributed by atoms with Crippen molar-refractivity contribution in [2.75, 3.05) is 0 Å². The van der Waals surface area contributed by atoms with Crippen molar-refractivity contribution in [3.63, 3.8) is 0 Å². The van der Waals surface area contributed by atoms with Crippen LogP contribution in [0, 0.1) is 11.6 Å².